The second kappa shape index (κ2) is 4.81. The molecular formula is C8H14ClN3S. The molecule has 0 aliphatic carbocycles. The molecular weight excluding hydrogens is 206 g/mol. The Morgan fingerprint density at radius 3 is 2.77 bits per heavy atom. The van der Waals surface area contributed by atoms with Gasteiger partial charge in [0, 0.05) is 26.2 Å². The first-order chi connectivity index (χ1) is 6.13. The Morgan fingerprint density at radius 2 is 2.31 bits per heavy atom. The smallest absolute Gasteiger partial charge is 0.0950 e. The summed E-state index contributed by atoms with van der Waals surface area (Å²) in [5, 5.41) is 1.12. The van der Waals surface area contributed by atoms with Gasteiger partial charge in [-0.3, -0.25) is 0 Å². The van der Waals surface area contributed by atoms with Crippen LogP contribution in [0.3, 0.4) is 0 Å². The van der Waals surface area contributed by atoms with E-state index in [0.29, 0.717) is 6.54 Å². The zero-order valence-electron chi connectivity index (χ0n) is 7.53. The van der Waals surface area contributed by atoms with Crippen molar-refractivity contribution in [2.75, 3.05) is 25.0 Å². The maximum atomic E-state index is 5.81. The molecule has 0 fully saturated rings. The molecule has 74 valence electrons. The molecule has 1 aromatic rings. The first-order valence-corrected chi connectivity index (χ1v) is 5.25. The van der Waals surface area contributed by atoms with Gasteiger partial charge in [0.1, 0.15) is 0 Å². The second-order valence-electron chi connectivity index (χ2n) is 2.95. The van der Waals surface area contributed by atoms with Crippen molar-refractivity contribution in [3.8, 4) is 0 Å². The molecule has 0 radical (unpaired) electrons. The van der Waals surface area contributed by atoms with E-state index in [9.17, 15) is 0 Å². The minimum absolute atomic E-state index is 0.0193. The third-order valence-corrected chi connectivity index (χ3v) is 3.09. The molecule has 1 atom stereocenters. The lowest BCUT2D eigenvalue weighted by molar-refractivity contribution is 0.670. The Morgan fingerprint density at radius 1 is 1.62 bits per heavy atom. The fourth-order valence-corrected chi connectivity index (χ4v) is 2.03. The largest absolute Gasteiger partial charge is 0.365 e. The summed E-state index contributed by atoms with van der Waals surface area (Å²) in [6.45, 7) is 1.26. The maximum Gasteiger partial charge on any atom is 0.0950 e. The lowest BCUT2D eigenvalue weighted by Gasteiger charge is -2.20. The Bertz CT molecular complexity index is 264. The number of thiophene rings is 1. The van der Waals surface area contributed by atoms with Gasteiger partial charge < -0.3 is 16.4 Å². The zero-order valence-corrected chi connectivity index (χ0v) is 9.11. The molecule has 0 spiro atoms. The van der Waals surface area contributed by atoms with Crippen LogP contribution in [0.25, 0.3) is 0 Å². The summed E-state index contributed by atoms with van der Waals surface area (Å²) in [6.07, 6.45) is 0. The minimum atomic E-state index is 0.0193. The van der Waals surface area contributed by atoms with Crippen molar-refractivity contribution in [3.63, 3.8) is 0 Å². The van der Waals surface area contributed by atoms with Gasteiger partial charge in [-0.2, -0.15) is 0 Å². The van der Waals surface area contributed by atoms with Crippen LogP contribution in [0.5, 0.6) is 0 Å². The molecule has 5 heteroatoms. The number of hydrogen-bond donors (Lipinski definition) is 2. The van der Waals surface area contributed by atoms with Crippen LogP contribution in [0.1, 0.15) is 0 Å². The second-order valence-corrected chi connectivity index (χ2v) is 4.65. The van der Waals surface area contributed by atoms with Gasteiger partial charge in [-0.15, -0.1) is 11.3 Å². The number of halogens is 1. The predicted molar refractivity (Wildman–Crippen MR) is 59.6 cm³/mol. The highest BCUT2D eigenvalue weighted by molar-refractivity contribution is 7.19. The van der Waals surface area contributed by atoms with E-state index >= 15 is 0 Å². The van der Waals surface area contributed by atoms with Gasteiger partial charge in [-0.05, 0) is 12.1 Å². The number of hydrogen-bond acceptors (Lipinski definition) is 4. The van der Waals surface area contributed by atoms with Gasteiger partial charge in [-0.1, -0.05) is 11.6 Å². The minimum Gasteiger partial charge on any atom is -0.365 e. The fraction of sp³-hybridized carbons (Fsp3) is 0.500. The monoisotopic (exact) mass is 219 g/mol. The Hall–Kier alpha value is -0.290. The van der Waals surface area contributed by atoms with Crippen LogP contribution < -0.4 is 16.4 Å². The molecule has 0 aromatic carbocycles. The summed E-state index contributed by atoms with van der Waals surface area (Å²) in [5.41, 5.74) is 11.2. The predicted octanol–water partition coefficient (Wildman–Crippen LogP) is 1.12. The molecule has 1 aromatic heterocycles. The normalized spacial score (nSPS) is 12.9. The van der Waals surface area contributed by atoms with E-state index < -0.39 is 0 Å². The molecule has 0 saturated heterocycles. The SMILES string of the molecule is CN(CC(N)CN)c1ccc(Cl)s1. The number of anilines is 1. The molecule has 1 rings (SSSR count). The third-order valence-electron chi connectivity index (χ3n) is 1.75. The van der Waals surface area contributed by atoms with Crippen molar-refractivity contribution in [1.29, 1.82) is 0 Å². The maximum absolute atomic E-state index is 5.81. The van der Waals surface area contributed by atoms with Crippen molar-refractivity contribution in [1.82, 2.24) is 0 Å². The van der Waals surface area contributed by atoms with Crippen LogP contribution in [-0.4, -0.2) is 26.2 Å². The van der Waals surface area contributed by atoms with E-state index in [-0.39, 0.29) is 6.04 Å². The summed E-state index contributed by atoms with van der Waals surface area (Å²) >= 11 is 7.35. The number of nitrogens with two attached hydrogens (primary N) is 2. The Labute approximate surface area is 87.3 Å². The molecule has 0 aliphatic rings. The summed E-state index contributed by atoms with van der Waals surface area (Å²) in [5.74, 6) is 0. The average molecular weight is 220 g/mol. The van der Waals surface area contributed by atoms with Gasteiger partial charge in [0.2, 0.25) is 0 Å². The van der Waals surface area contributed by atoms with Crippen molar-refractivity contribution in [2.24, 2.45) is 11.5 Å². The van der Waals surface area contributed by atoms with E-state index in [2.05, 4.69) is 4.90 Å². The van der Waals surface area contributed by atoms with Crippen LogP contribution in [0, 0.1) is 0 Å². The van der Waals surface area contributed by atoms with Gasteiger partial charge in [0.15, 0.2) is 0 Å². The lowest BCUT2D eigenvalue weighted by Crippen LogP contribution is -2.40. The fourth-order valence-electron chi connectivity index (χ4n) is 1.03. The molecule has 0 saturated carbocycles. The van der Waals surface area contributed by atoms with Gasteiger partial charge in [-0.25, -0.2) is 0 Å². The van der Waals surface area contributed by atoms with Crippen molar-refractivity contribution < 1.29 is 0 Å². The van der Waals surface area contributed by atoms with E-state index in [1.807, 2.05) is 19.2 Å². The topological polar surface area (TPSA) is 55.3 Å². The third kappa shape index (κ3) is 3.15. The number of rotatable bonds is 4. The van der Waals surface area contributed by atoms with Gasteiger partial charge in [0.25, 0.3) is 0 Å². The van der Waals surface area contributed by atoms with Gasteiger partial charge >= 0.3 is 0 Å². The van der Waals surface area contributed by atoms with Crippen LogP contribution in [-0.2, 0) is 0 Å². The quantitative estimate of drug-likeness (QED) is 0.798. The van der Waals surface area contributed by atoms with Crippen LogP contribution in [0.2, 0.25) is 4.34 Å². The van der Waals surface area contributed by atoms with Crippen LogP contribution in [0.4, 0.5) is 5.00 Å². The molecule has 3 nitrogen and oxygen atoms in total. The molecule has 0 bridgehead atoms. The molecule has 0 amide bonds. The zero-order chi connectivity index (χ0) is 9.84. The highest BCUT2D eigenvalue weighted by Gasteiger charge is 2.07. The van der Waals surface area contributed by atoms with E-state index in [4.69, 9.17) is 23.1 Å². The molecule has 0 aliphatic heterocycles. The van der Waals surface area contributed by atoms with Crippen LogP contribution in [0.15, 0.2) is 12.1 Å². The van der Waals surface area contributed by atoms with Crippen molar-refractivity contribution in [2.45, 2.75) is 6.04 Å². The molecule has 1 unspecified atom stereocenters. The highest BCUT2D eigenvalue weighted by Crippen LogP contribution is 2.28. The molecule has 13 heavy (non-hydrogen) atoms. The summed E-state index contributed by atoms with van der Waals surface area (Å²) < 4.78 is 0.795. The van der Waals surface area contributed by atoms with E-state index in [0.717, 1.165) is 15.9 Å². The summed E-state index contributed by atoms with van der Waals surface area (Å²) in [4.78, 5) is 2.06. The first-order valence-electron chi connectivity index (χ1n) is 4.05. The standard InChI is InChI=1S/C8H14ClN3S/c1-12(5-6(11)4-10)8-3-2-7(9)13-8/h2-3,6H,4-5,10-11H2,1H3. The number of nitrogens with zero attached hydrogens (tertiary/aromatic N) is 1. The highest BCUT2D eigenvalue weighted by atomic mass is 35.5. The Kier molecular flexibility index (Phi) is 3.99. The van der Waals surface area contributed by atoms with Crippen molar-refractivity contribution in [3.05, 3.63) is 16.5 Å². The summed E-state index contributed by atoms with van der Waals surface area (Å²) in [6, 6.07) is 3.88. The Balaban J connectivity index is 2.53. The summed E-state index contributed by atoms with van der Waals surface area (Å²) in [7, 11) is 1.98. The van der Waals surface area contributed by atoms with Crippen molar-refractivity contribution >= 4 is 27.9 Å². The van der Waals surface area contributed by atoms with E-state index in [1.54, 1.807) is 11.3 Å². The van der Waals surface area contributed by atoms with E-state index in [1.165, 1.54) is 0 Å². The first kappa shape index (κ1) is 10.8. The molecule has 1 heterocycles. The molecule has 4 N–H and O–H groups in total. The van der Waals surface area contributed by atoms with Gasteiger partial charge in [0.05, 0.1) is 9.34 Å². The van der Waals surface area contributed by atoms with Crippen LogP contribution >= 0.6 is 22.9 Å². The average Bonchev–Trinajstić information content (AvgIpc) is 2.51. The lowest BCUT2D eigenvalue weighted by atomic mass is 10.3. The number of likely N-dealkylation sites (N-methyl/N-ethyl adjacent to an activating group) is 1.